The summed E-state index contributed by atoms with van der Waals surface area (Å²) in [6.45, 7) is 1.38. The molecule has 1 aromatic rings. The fourth-order valence-electron chi connectivity index (χ4n) is 1.12. The van der Waals surface area contributed by atoms with Crippen molar-refractivity contribution in [2.75, 3.05) is 0 Å². The van der Waals surface area contributed by atoms with E-state index >= 15 is 0 Å². The van der Waals surface area contributed by atoms with E-state index in [9.17, 15) is 18.0 Å². The highest BCUT2D eigenvalue weighted by Crippen LogP contribution is 2.24. The fraction of sp³-hybridized carbons (Fsp3) is 0.364. The number of carbonyl (C=O) groups is 1. The smallest absolute Gasteiger partial charge is 0.378 e. The van der Waals surface area contributed by atoms with Crippen LogP contribution in [-0.2, 0) is 9.53 Å². The molecule has 1 rings (SSSR count). The average molecular weight is 248 g/mol. The summed E-state index contributed by atoms with van der Waals surface area (Å²) in [6, 6.07) is 8.17. The normalized spacial score (nSPS) is 16.4. The van der Waals surface area contributed by atoms with Gasteiger partial charge in [-0.05, 0) is 12.5 Å². The van der Waals surface area contributed by atoms with E-state index in [1.807, 2.05) is 0 Å². The van der Waals surface area contributed by atoms with E-state index in [1.54, 1.807) is 30.3 Å². The largest absolute Gasteiger partial charge is 0.453 e. The van der Waals surface area contributed by atoms with Crippen molar-refractivity contribution in [1.29, 1.82) is 0 Å². The lowest BCUT2D eigenvalue weighted by molar-refractivity contribution is -0.222. The van der Waals surface area contributed by atoms with Crippen LogP contribution in [0, 0.1) is 0 Å². The lowest BCUT2D eigenvalue weighted by Crippen LogP contribution is -2.42. The number of esters is 1. The van der Waals surface area contributed by atoms with Crippen LogP contribution in [0.15, 0.2) is 30.3 Å². The molecule has 0 amide bonds. The predicted molar refractivity (Wildman–Crippen MR) is 53.0 cm³/mol. The first-order chi connectivity index (χ1) is 7.85. The zero-order chi connectivity index (χ0) is 13.1. The summed E-state index contributed by atoms with van der Waals surface area (Å²) in [6.07, 6.45) is -4.78. The maximum Gasteiger partial charge on any atom is 0.378 e. The van der Waals surface area contributed by atoms with E-state index in [2.05, 4.69) is 4.74 Å². The van der Waals surface area contributed by atoms with Gasteiger partial charge in [0.15, 0.2) is 0 Å². The van der Waals surface area contributed by atoms with Gasteiger partial charge in [-0.1, -0.05) is 30.3 Å². The van der Waals surface area contributed by atoms with Gasteiger partial charge in [0.2, 0.25) is 0 Å². The molecule has 0 aliphatic heterocycles. The highest BCUT2D eigenvalue weighted by Gasteiger charge is 2.48. The zero-order valence-corrected chi connectivity index (χ0v) is 8.94. The van der Waals surface area contributed by atoms with Crippen LogP contribution < -0.4 is 0 Å². The standard InChI is InChI=1S/C11H11F3O3/c1-7(8-5-3-2-4-6-8)17-10(15)11(14,16)9(12)13/h2-7,9,16H,1H3. The number of aliphatic hydroxyl groups is 1. The van der Waals surface area contributed by atoms with Crippen LogP contribution in [0.5, 0.6) is 0 Å². The molecule has 1 N–H and O–H groups in total. The third kappa shape index (κ3) is 3.20. The van der Waals surface area contributed by atoms with E-state index in [-0.39, 0.29) is 0 Å². The van der Waals surface area contributed by atoms with Crippen molar-refractivity contribution in [2.45, 2.75) is 25.3 Å². The molecule has 0 saturated heterocycles. The van der Waals surface area contributed by atoms with Crippen molar-refractivity contribution >= 4 is 5.97 Å². The van der Waals surface area contributed by atoms with Crippen molar-refractivity contribution in [3.63, 3.8) is 0 Å². The highest BCUT2D eigenvalue weighted by molar-refractivity contribution is 5.78. The maximum atomic E-state index is 12.8. The number of rotatable bonds is 4. The van der Waals surface area contributed by atoms with Crippen LogP contribution in [0.25, 0.3) is 0 Å². The Labute approximate surface area is 95.8 Å². The van der Waals surface area contributed by atoms with Crippen LogP contribution >= 0.6 is 0 Å². The summed E-state index contributed by atoms with van der Waals surface area (Å²) in [7, 11) is 0. The summed E-state index contributed by atoms with van der Waals surface area (Å²) in [4.78, 5) is 11.0. The minimum Gasteiger partial charge on any atom is -0.453 e. The van der Waals surface area contributed by atoms with Crippen LogP contribution in [0.3, 0.4) is 0 Å². The number of benzene rings is 1. The first-order valence-electron chi connectivity index (χ1n) is 4.81. The zero-order valence-electron chi connectivity index (χ0n) is 8.94. The summed E-state index contributed by atoms with van der Waals surface area (Å²) >= 11 is 0. The van der Waals surface area contributed by atoms with Gasteiger partial charge in [-0.3, -0.25) is 0 Å². The second-order valence-electron chi connectivity index (χ2n) is 3.43. The van der Waals surface area contributed by atoms with Crippen molar-refractivity contribution < 1.29 is 27.8 Å². The van der Waals surface area contributed by atoms with Gasteiger partial charge in [0.1, 0.15) is 6.10 Å². The number of carbonyl (C=O) groups excluding carboxylic acids is 1. The number of hydrogen-bond donors (Lipinski definition) is 1. The fourth-order valence-corrected chi connectivity index (χ4v) is 1.12. The van der Waals surface area contributed by atoms with E-state index in [1.165, 1.54) is 6.92 Å². The Morgan fingerprint density at radius 3 is 2.35 bits per heavy atom. The Morgan fingerprint density at radius 2 is 1.88 bits per heavy atom. The lowest BCUT2D eigenvalue weighted by atomic mass is 10.1. The minimum atomic E-state index is -4.27. The summed E-state index contributed by atoms with van der Waals surface area (Å²) < 4.78 is 41.2. The monoisotopic (exact) mass is 248 g/mol. The molecule has 0 aliphatic carbocycles. The van der Waals surface area contributed by atoms with Gasteiger partial charge in [-0.2, -0.15) is 4.39 Å². The highest BCUT2D eigenvalue weighted by atomic mass is 19.3. The van der Waals surface area contributed by atoms with Crippen LogP contribution in [0.1, 0.15) is 18.6 Å². The molecule has 0 radical (unpaired) electrons. The number of alkyl halides is 3. The van der Waals surface area contributed by atoms with Gasteiger partial charge < -0.3 is 9.84 Å². The maximum absolute atomic E-state index is 12.8. The molecular formula is C11H11F3O3. The number of ether oxygens (including phenoxy) is 1. The molecule has 0 aliphatic rings. The summed E-state index contributed by atoms with van der Waals surface area (Å²) in [5, 5.41) is 8.56. The minimum absolute atomic E-state index is 0.505. The second kappa shape index (κ2) is 5.18. The van der Waals surface area contributed by atoms with Crippen molar-refractivity contribution in [3.05, 3.63) is 35.9 Å². The summed E-state index contributed by atoms with van der Waals surface area (Å²) in [5.74, 6) is -6.27. The number of halogens is 3. The Hall–Kier alpha value is -1.56. The van der Waals surface area contributed by atoms with Gasteiger partial charge >= 0.3 is 18.2 Å². The van der Waals surface area contributed by atoms with Gasteiger partial charge in [0, 0.05) is 0 Å². The van der Waals surface area contributed by atoms with Gasteiger partial charge in [-0.25, -0.2) is 13.6 Å². The number of hydrogen-bond acceptors (Lipinski definition) is 3. The lowest BCUT2D eigenvalue weighted by Gasteiger charge is -2.19. The SMILES string of the molecule is CC(OC(=O)C(O)(F)C(F)F)c1ccccc1. The molecule has 2 atom stereocenters. The Bertz CT molecular complexity index is 379. The van der Waals surface area contributed by atoms with Gasteiger partial charge in [0.05, 0.1) is 0 Å². The predicted octanol–water partition coefficient (Wildman–Crippen LogP) is 2.21. The topological polar surface area (TPSA) is 46.5 Å². The molecule has 0 spiro atoms. The Morgan fingerprint density at radius 1 is 1.35 bits per heavy atom. The van der Waals surface area contributed by atoms with E-state index in [0.29, 0.717) is 5.56 Å². The summed E-state index contributed by atoms with van der Waals surface area (Å²) in [5.41, 5.74) is 0.505. The van der Waals surface area contributed by atoms with E-state index < -0.39 is 24.4 Å². The van der Waals surface area contributed by atoms with Crippen LogP contribution in [0.4, 0.5) is 13.2 Å². The van der Waals surface area contributed by atoms with Crippen LogP contribution in [-0.4, -0.2) is 23.4 Å². The molecule has 0 saturated carbocycles. The molecule has 0 heterocycles. The van der Waals surface area contributed by atoms with E-state index in [0.717, 1.165) is 0 Å². The molecule has 0 aromatic heterocycles. The molecule has 0 bridgehead atoms. The molecule has 0 fully saturated rings. The molecule has 17 heavy (non-hydrogen) atoms. The molecular weight excluding hydrogens is 237 g/mol. The Balaban J connectivity index is 2.70. The quantitative estimate of drug-likeness (QED) is 0.831. The average Bonchev–Trinajstić information content (AvgIpc) is 2.29. The third-order valence-corrected chi connectivity index (χ3v) is 2.13. The third-order valence-electron chi connectivity index (χ3n) is 2.13. The molecule has 1 aromatic carbocycles. The first-order valence-corrected chi connectivity index (χ1v) is 4.81. The van der Waals surface area contributed by atoms with Gasteiger partial charge in [-0.15, -0.1) is 0 Å². The second-order valence-corrected chi connectivity index (χ2v) is 3.43. The first kappa shape index (κ1) is 13.5. The molecule has 2 unspecified atom stereocenters. The van der Waals surface area contributed by atoms with Gasteiger partial charge in [0.25, 0.3) is 0 Å². The molecule has 94 valence electrons. The molecule has 3 nitrogen and oxygen atoms in total. The van der Waals surface area contributed by atoms with Crippen molar-refractivity contribution in [3.8, 4) is 0 Å². The Kier molecular flexibility index (Phi) is 4.11. The van der Waals surface area contributed by atoms with E-state index in [4.69, 9.17) is 5.11 Å². The molecule has 6 heteroatoms. The van der Waals surface area contributed by atoms with Crippen molar-refractivity contribution in [2.24, 2.45) is 0 Å². The van der Waals surface area contributed by atoms with Crippen molar-refractivity contribution in [1.82, 2.24) is 0 Å². The van der Waals surface area contributed by atoms with Crippen LogP contribution in [0.2, 0.25) is 0 Å².